The van der Waals surface area contributed by atoms with E-state index < -0.39 is 0 Å². The summed E-state index contributed by atoms with van der Waals surface area (Å²) in [5.74, 6) is 0.528. The van der Waals surface area contributed by atoms with Crippen LogP contribution in [0.2, 0.25) is 0 Å². The Kier molecular flexibility index (Phi) is 9.43. The van der Waals surface area contributed by atoms with Crippen LogP contribution in [0.15, 0.2) is 224 Å². The summed E-state index contributed by atoms with van der Waals surface area (Å²) in [4.78, 5) is 3.90. The fourth-order valence-corrected chi connectivity index (χ4v) is 11.2. The van der Waals surface area contributed by atoms with Crippen LogP contribution in [0.5, 0.6) is 0 Å². The average Bonchev–Trinajstić information content (AvgIpc) is 3.93. The molecule has 9 aromatic carbocycles. The number of hydrogen-bond donors (Lipinski definition) is 0. The van der Waals surface area contributed by atoms with Gasteiger partial charge in [-0.15, -0.1) is 11.3 Å². The summed E-state index contributed by atoms with van der Waals surface area (Å²) in [5, 5.41) is 3.88. The van der Waals surface area contributed by atoms with Gasteiger partial charge in [-0.25, -0.2) is 0 Å². The molecule has 0 bridgehead atoms. The lowest BCUT2D eigenvalue weighted by Gasteiger charge is -2.28. The van der Waals surface area contributed by atoms with E-state index in [0.717, 1.165) is 34.6 Å². The molecule has 2 heterocycles. The summed E-state index contributed by atoms with van der Waals surface area (Å²) >= 11 is 1.96. The molecule has 3 heteroatoms. The maximum Gasteiger partial charge on any atom is 0.0555 e. The molecular formula is C61H44N2S. The van der Waals surface area contributed by atoms with Gasteiger partial charge in [-0.3, -0.25) is 0 Å². The minimum absolute atomic E-state index is 0.528. The number of benzene rings is 9. The number of aromatic nitrogens is 1. The number of fused-ring (bicyclic) bond motifs is 6. The second kappa shape index (κ2) is 15.9. The van der Waals surface area contributed by atoms with Crippen molar-refractivity contribution in [3.05, 3.63) is 235 Å². The maximum atomic E-state index is 2.51. The molecule has 0 fully saturated rings. The molecule has 0 saturated heterocycles. The molecule has 64 heavy (non-hydrogen) atoms. The lowest BCUT2D eigenvalue weighted by Crippen LogP contribution is -2.11. The number of nitrogens with zero attached hydrogens (tertiary/aromatic N) is 2. The van der Waals surface area contributed by atoms with Gasteiger partial charge in [-0.2, -0.15) is 0 Å². The average molecular weight is 837 g/mol. The van der Waals surface area contributed by atoms with Crippen molar-refractivity contribution in [1.82, 2.24) is 4.57 Å². The zero-order chi connectivity index (χ0) is 42.6. The Morgan fingerprint density at radius 2 is 1.02 bits per heavy atom. The largest absolute Gasteiger partial charge is 0.310 e. The standard InChI is InChI=1S/C61H44N2S/c1-41-16-12-26-53-60-57(30-15-31-58(60)64-61(41)53)63-55-28-11-9-24-52(55)59-51(25-14-29-56(59)63)47-22-13-21-46(40-47)50-23-8-10-27-54(50)62(48-36-32-44(33-37-48)42-17-4-2-5-18-42)49-38-34-45(35-39-49)43-19-6-3-7-20-43/h2-15,17-41H,16H2,1H3. The molecule has 0 radical (unpaired) electrons. The second-order valence-electron chi connectivity index (χ2n) is 16.9. The van der Waals surface area contributed by atoms with Crippen LogP contribution in [0.25, 0.3) is 88.2 Å². The van der Waals surface area contributed by atoms with Gasteiger partial charge in [0.2, 0.25) is 0 Å². The summed E-state index contributed by atoms with van der Waals surface area (Å²) < 4.78 is 3.86. The van der Waals surface area contributed by atoms with E-state index in [-0.39, 0.29) is 0 Å². The van der Waals surface area contributed by atoms with Gasteiger partial charge in [0, 0.05) is 42.7 Å². The number of para-hydroxylation sites is 2. The molecular weight excluding hydrogens is 793 g/mol. The van der Waals surface area contributed by atoms with Gasteiger partial charge in [0.1, 0.15) is 0 Å². The highest BCUT2D eigenvalue weighted by Crippen LogP contribution is 2.47. The van der Waals surface area contributed by atoms with E-state index in [1.165, 1.54) is 81.4 Å². The Morgan fingerprint density at radius 1 is 0.469 bits per heavy atom. The third-order valence-electron chi connectivity index (χ3n) is 13.0. The van der Waals surface area contributed by atoms with Crippen molar-refractivity contribution in [3.8, 4) is 50.2 Å². The topological polar surface area (TPSA) is 8.17 Å². The smallest absolute Gasteiger partial charge is 0.0555 e. The molecule has 2 aromatic heterocycles. The second-order valence-corrected chi connectivity index (χ2v) is 18.0. The number of hydrogen-bond acceptors (Lipinski definition) is 2. The zero-order valence-corrected chi connectivity index (χ0v) is 36.3. The summed E-state index contributed by atoms with van der Waals surface area (Å²) in [6.45, 7) is 2.36. The first-order valence-corrected chi connectivity index (χ1v) is 23.0. The Balaban J connectivity index is 1.00. The van der Waals surface area contributed by atoms with Crippen molar-refractivity contribution >= 4 is 66.4 Å². The Morgan fingerprint density at radius 3 is 1.73 bits per heavy atom. The summed E-state index contributed by atoms with van der Waals surface area (Å²) in [6, 6.07) is 79.8. The summed E-state index contributed by atoms with van der Waals surface area (Å²) in [7, 11) is 0. The maximum absolute atomic E-state index is 2.51. The summed E-state index contributed by atoms with van der Waals surface area (Å²) in [5.41, 5.74) is 17.9. The van der Waals surface area contributed by atoms with E-state index in [1.807, 2.05) is 11.3 Å². The molecule has 0 spiro atoms. The predicted octanol–water partition coefficient (Wildman–Crippen LogP) is 17.7. The van der Waals surface area contributed by atoms with Crippen LogP contribution >= 0.6 is 11.3 Å². The van der Waals surface area contributed by atoms with Gasteiger partial charge in [0.15, 0.2) is 0 Å². The molecule has 0 aliphatic heterocycles. The zero-order valence-electron chi connectivity index (χ0n) is 35.5. The Hall–Kier alpha value is -7.72. The van der Waals surface area contributed by atoms with Crippen molar-refractivity contribution < 1.29 is 0 Å². The van der Waals surface area contributed by atoms with E-state index in [2.05, 4.69) is 247 Å². The van der Waals surface area contributed by atoms with E-state index in [0.29, 0.717) is 5.92 Å². The van der Waals surface area contributed by atoms with E-state index in [9.17, 15) is 0 Å². The molecule has 0 amide bonds. The lowest BCUT2D eigenvalue weighted by molar-refractivity contribution is 0.791. The van der Waals surface area contributed by atoms with Gasteiger partial charge < -0.3 is 9.47 Å². The first-order chi connectivity index (χ1) is 31.7. The minimum Gasteiger partial charge on any atom is -0.310 e. The molecule has 11 aromatic rings. The minimum atomic E-state index is 0.528. The third kappa shape index (κ3) is 6.47. The number of rotatable bonds is 8. The molecule has 1 unspecified atom stereocenters. The van der Waals surface area contributed by atoms with Crippen molar-refractivity contribution in [2.75, 3.05) is 4.90 Å². The summed E-state index contributed by atoms with van der Waals surface area (Å²) in [6.07, 6.45) is 5.81. The van der Waals surface area contributed by atoms with Crippen LogP contribution < -0.4 is 4.90 Å². The molecule has 12 rings (SSSR count). The van der Waals surface area contributed by atoms with Gasteiger partial charge in [0.25, 0.3) is 0 Å². The Labute approximate surface area is 378 Å². The van der Waals surface area contributed by atoms with Crippen molar-refractivity contribution in [2.45, 2.75) is 19.3 Å². The van der Waals surface area contributed by atoms with E-state index in [4.69, 9.17) is 0 Å². The normalized spacial score (nSPS) is 13.4. The monoisotopic (exact) mass is 836 g/mol. The predicted molar refractivity (Wildman–Crippen MR) is 275 cm³/mol. The first-order valence-electron chi connectivity index (χ1n) is 22.2. The van der Waals surface area contributed by atoms with Gasteiger partial charge in [-0.1, -0.05) is 177 Å². The molecule has 304 valence electrons. The third-order valence-corrected chi connectivity index (χ3v) is 14.4. The first kappa shape index (κ1) is 38.0. The van der Waals surface area contributed by atoms with E-state index >= 15 is 0 Å². The highest BCUT2D eigenvalue weighted by molar-refractivity contribution is 7.19. The molecule has 1 aliphatic rings. The molecule has 0 N–H and O–H groups in total. The van der Waals surface area contributed by atoms with E-state index in [1.54, 1.807) is 0 Å². The number of allylic oxidation sites excluding steroid dienone is 1. The molecule has 2 nitrogen and oxygen atoms in total. The van der Waals surface area contributed by atoms with Crippen LogP contribution in [0.4, 0.5) is 17.1 Å². The fourth-order valence-electron chi connectivity index (χ4n) is 9.97. The van der Waals surface area contributed by atoms with Gasteiger partial charge in [0.05, 0.1) is 22.4 Å². The SMILES string of the molecule is CC1CC=Cc2c1sc1cccc(-n3c4ccccc4c4c(-c5cccc(-c6ccccc6N(c6ccc(-c7ccccc7)cc6)c6ccc(-c7ccccc7)cc6)c5)cccc43)c21. The van der Waals surface area contributed by atoms with Gasteiger partial charge in [-0.05, 0) is 118 Å². The highest BCUT2D eigenvalue weighted by Gasteiger charge is 2.24. The van der Waals surface area contributed by atoms with Crippen LogP contribution in [-0.4, -0.2) is 4.57 Å². The van der Waals surface area contributed by atoms with Crippen LogP contribution in [-0.2, 0) is 0 Å². The molecule has 1 aliphatic carbocycles. The van der Waals surface area contributed by atoms with Crippen molar-refractivity contribution in [2.24, 2.45) is 0 Å². The van der Waals surface area contributed by atoms with Crippen LogP contribution in [0.1, 0.15) is 29.7 Å². The van der Waals surface area contributed by atoms with Crippen molar-refractivity contribution in [1.29, 1.82) is 0 Å². The molecule has 0 saturated carbocycles. The molecule has 1 atom stereocenters. The van der Waals surface area contributed by atoms with Gasteiger partial charge >= 0.3 is 0 Å². The quantitative estimate of drug-likeness (QED) is 0.148. The highest BCUT2D eigenvalue weighted by atomic mass is 32.1. The lowest BCUT2D eigenvalue weighted by atomic mass is 9.94. The Bertz CT molecular complexity index is 3440. The number of anilines is 3. The number of thiophene rings is 1. The van der Waals surface area contributed by atoms with Crippen molar-refractivity contribution in [3.63, 3.8) is 0 Å². The van der Waals surface area contributed by atoms with Crippen LogP contribution in [0, 0.1) is 0 Å². The van der Waals surface area contributed by atoms with Crippen LogP contribution in [0.3, 0.4) is 0 Å². The fraction of sp³-hybridized carbons (Fsp3) is 0.0492.